The standard InChI is InChI=1S/C19H19N3O4/c1-25-18(24)11-14(10-17(23)22-13-6-3-2-4-7-13)26-16-9-5-8-15-19(16)21-12-20-15/h2-9,12,14H,10-11H2,1H3,(H,20,21)(H,22,23). The lowest BCUT2D eigenvalue weighted by atomic mass is 10.1. The van der Waals surface area contributed by atoms with Crippen LogP contribution in [0, 0.1) is 0 Å². The lowest BCUT2D eigenvalue weighted by Crippen LogP contribution is -2.27. The Morgan fingerprint density at radius 1 is 1.12 bits per heavy atom. The first-order valence-corrected chi connectivity index (χ1v) is 8.16. The van der Waals surface area contributed by atoms with Gasteiger partial charge in [0.05, 0.1) is 31.8 Å². The molecule has 134 valence electrons. The van der Waals surface area contributed by atoms with E-state index in [9.17, 15) is 9.59 Å². The number of para-hydroxylation sites is 2. The summed E-state index contributed by atoms with van der Waals surface area (Å²) in [6.07, 6.45) is 0.854. The molecule has 3 aromatic rings. The number of nitrogens with one attached hydrogen (secondary N) is 2. The highest BCUT2D eigenvalue weighted by molar-refractivity contribution is 5.91. The largest absolute Gasteiger partial charge is 0.487 e. The van der Waals surface area contributed by atoms with Crippen LogP contribution in [0.1, 0.15) is 12.8 Å². The van der Waals surface area contributed by atoms with Gasteiger partial charge in [-0.05, 0) is 24.3 Å². The van der Waals surface area contributed by atoms with E-state index in [4.69, 9.17) is 9.47 Å². The first-order chi connectivity index (χ1) is 12.7. The number of aromatic amines is 1. The number of ether oxygens (including phenoxy) is 2. The Morgan fingerprint density at radius 2 is 1.92 bits per heavy atom. The van der Waals surface area contributed by atoms with Gasteiger partial charge in [0.25, 0.3) is 0 Å². The summed E-state index contributed by atoms with van der Waals surface area (Å²) in [6, 6.07) is 14.5. The molecule has 1 unspecified atom stereocenters. The molecule has 0 bridgehead atoms. The Labute approximate surface area is 150 Å². The van der Waals surface area contributed by atoms with Crippen LogP contribution in [0.15, 0.2) is 54.9 Å². The normalized spacial score (nSPS) is 11.7. The predicted molar refractivity (Wildman–Crippen MR) is 96.8 cm³/mol. The molecule has 0 fully saturated rings. The maximum Gasteiger partial charge on any atom is 0.309 e. The van der Waals surface area contributed by atoms with Crippen LogP contribution in [-0.2, 0) is 14.3 Å². The first-order valence-electron chi connectivity index (χ1n) is 8.16. The minimum atomic E-state index is -0.673. The second kappa shape index (κ2) is 8.15. The molecule has 1 atom stereocenters. The average Bonchev–Trinajstić information content (AvgIpc) is 3.12. The fourth-order valence-corrected chi connectivity index (χ4v) is 2.58. The Kier molecular flexibility index (Phi) is 5.48. The number of aromatic nitrogens is 2. The summed E-state index contributed by atoms with van der Waals surface area (Å²) >= 11 is 0. The lowest BCUT2D eigenvalue weighted by Gasteiger charge is -2.18. The van der Waals surface area contributed by atoms with Gasteiger partial charge in [-0.1, -0.05) is 24.3 Å². The molecule has 0 saturated heterocycles. The van der Waals surface area contributed by atoms with Gasteiger partial charge in [-0.15, -0.1) is 0 Å². The zero-order valence-electron chi connectivity index (χ0n) is 14.3. The van der Waals surface area contributed by atoms with Crippen LogP contribution in [0.2, 0.25) is 0 Å². The van der Waals surface area contributed by atoms with Crippen molar-refractivity contribution in [3.05, 3.63) is 54.9 Å². The van der Waals surface area contributed by atoms with Crippen molar-refractivity contribution in [3.8, 4) is 5.75 Å². The molecule has 2 aromatic carbocycles. The van der Waals surface area contributed by atoms with E-state index in [1.807, 2.05) is 30.3 Å². The number of methoxy groups -OCH3 is 1. The Hall–Kier alpha value is -3.35. The maximum atomic E-state index is 12.3. The summed E-state index contributed by atoms with van der Waals surface area (Å²) in [7, 11) is 1.30. The smallest absolute Gasteiger partial charge is 0.309 e. The minimum Gasteiger partial charge on any atom is -0.487 e. The molecule has 0 aliphatic rings. The van der Waals surface area contributed by atoms with Gasteiger partial charge in [0.15, 0.2) is 0 Å². The quantitative estimate of drug-likeness (QED) is 0.637. The fraction of sp³-hybridized carbons (Fsp3) is 0.211. The van der Waals surface area contributed by atoms with E-state index in [1.54, 1.807) is 24.5 Å². The number of H-pyrrole nitrogens is 1. The Balaban J connectivity index is 1.73. The minimum absolute atomic E-state index is 0.00477. The third kappa shape index (κ3) is 4.38. The molecule has 0 aliphatic carbocycles. The molecule has 1 heterocycles. The number of imidazole rings is 1. The lowest BCUT2D eigenvalue weighted by molar-refractivity contribution is -0.142. The van der Waals surface area contributed by atoms with Gasteiger partial charge in [0.1, 0.15) is 17.4 Å². The molecule has 2 N–H and O–H groups in total. The van der Waals surface area contributed by atoms with Crippen LogP contribution in [0.5, 0.6) is 5.75 Å². The van der Waals surface area contributed by atoms with Crippen molar-refractivity contribution in [3.63, 3.8) is 0 Å². The highest BCUT2D eigenvalue weighted by atomic mass is 16.5. The van der Waals surface area contributed by atoms with Gasteiger partial charge in [-0.2, -0.15) is 0 Å². The second-order valence-corrected chi connectivity index (χ2v) is 5.69. The molecular formula is C19H19N3O4. The summed E-state index contributed by atoms with van der Waals surface area (Å²) < 4.78 is 10.6. The molecule has 0 aliphatic heterocycles. The van der Waals surface area contributed by atoms with Crippen molar-refractivity contribution in [2.24, 2.45) is 0 Å². The van der Waals surface area contributed by atoms with Crippen molar-refractivity contribution < 1.29 is 19.1 Å². The zero-order valence-corrected chi connectivity index (χ0v) is 14.3. The van der Waals surface area contributed by atoms with Crippen LogP contribution in [0.3, 0.4) is 0 Å². The molecule has 0 radical (unpaired) electrons. The number of nitrogens with zero attached hydrogens (tertiary/aromatic N) is 1. The van der Waals surface area contributed by atoms with Gasteiger partial charge >= 0.3 is 5.97 Å². The van der Waals surface area contributed by atoms with Crippen molar-refractivity contribution in [1.29, 1.82) is 0 Å². The van der Waals surface area contributed by atoms with Crippen LogP contribution >= 0.6 is 0 Å². The highest BCUT2D eigenvalue weighted by Gasteiger charge is 2.21. The van der Waals surface area contributed by atoms with E-state index in [0.29, 0.717) is 17.0 Å². The molecule has 0 spiro atoms. The molecule has 3 rings (SSSR count). The number of benzene rings is 2. The molecule has 7 heteroatoms. The van der Waals surface area contributed by atoms with Gasteiger partial charge in [-0.3, -0.25) is 9.59 Å². The fourth-order valence-electron chi connectivity index (χ4n) is 2.58. The third-order valence-corrected chi connectivity index (χ3v) is 3.80. The number of hydrogen-bond acceptors (Lipinski definition) is 5. The van der Waals surface area contributed by atoms with E-state index in [2.05, 4.69) is 15.3 Å². The topological polar surface area (TPSA) is 93.3 Å². The van der Waals surface area contributed by atoms with Crippen LogP contribution < -0.4 is 10.1 Å². The van der Waals surface area contributed by atoms with Gasteiger partial charge in [0.2, 0.25) is 5.91 Å². The molecule has 0 saturated carbocycles. The van der Waals surface area contributed by atoms with Crippen molar-refractivity contribution in [2.45, 2.75) is 18.9 Å². The van der Waals surface area contributed by atoms with Gasteiger partial charge in [0, 0.05) is 5.69 Å². The van der Waals surface area contributed by atoms with Crippen LogP contribution in [0.4, 0.5) is 5.69 Å². The molecule has 7 nitrogen and oxygen atoms in total. The average molecular weight is 353 g/mol. The van der Waals surface area contributed by atoms with E-state index >= 15 is 0 Å². The molecule has 1 amide bonds. The van der Waals surface area contributed by atoms with E-state index < -0.39 is 12.1 Å². The summed E-state index contributed by atoms with van der Waals surface area (Å²) in [5, 5.41) is 2.79. The Bertz CT molecular complexity index is 892. The summed E-state index contributed by atoms with van der Waals surface area (Å²) in [5.41, 5.74) is 2.14. The number of rotatable bonds is 7. The number of esters is 1. The predicted octanol–water partition coefficient (Wildman–Crippen LogP) is 2.90. The zero-order chi connectivity index (χ0) is 18.4. The first kappa shape index (κ1) is 17.5. The number of amides is 1. The van der Waals surface area contributed by atoms with Crippen molar-refractivity contribution >= 4 is 28.6 Å². The number of carbonyl (C=O) groups excluding carboxylic acids is 2. The number of hydrogen-bond donors (Lipinski definition) is 2. The van der Waals surface area contributed by atoms with E-state index in [0.717, 1.165) is 5.52 Å². The summed E-state index contributed by atoms with van der Waals surface area (Å²) in [6.45, 7) is 0. The number of carbonyl (C=O) groups is 2. The van der Waals surface area contributed by atoms with Crippen molar-refractivity contribution in [1.82, 2.24) is 9.97 Å². The van der Waals surface area contributed by atoms with Gasteiger partial charge in [-0.25, -0.2) is 4.98 Å². The molecule has 1 aromatic heterocycles. The SMILES string of the molecule is COC(=O)CC(CC(=O)Nc1ccccc1)Oc1cccc2[nH]cnc12. The maximum absolute atomic E-state index is 12.3. The summed E-state index contributed by atoms with van der Waals surface area (Å²) in [5.74, 6) is -0.193. The third-order valence-electron chi connectivity index (χ3n) is 3.80. The van der Waals surface area contributed by atoms with Crippen molar-refractivity contribution in [2.75, 3.05) is 12.4 Å². The van der Waals surface area contributed by atoms with E-state index in [1.165, 1.54) is 7.11 Å². The van der Waals surface area contributed by atoms with Gasteiger partial charge < -0.3 is 19.8 Å². The monoisotopic (exact) mass is 353 g/mol. The Morgan fingerprint density at radius 3 is 2.69 bits per heavy atom. The highest BCUT2D eigenvalue weighted by Crippen LogP contribution is 2.25. The van der Waals surface area contributed by atoms with Crippen LogP contribution in [0.25, 0.3) is 11.0 Å². The number of fused-ring (bicyclic) bond motifs is 1. The van der Waals surface area contributed by atoms with E-state index in [-0.39, 0.29) is 18.7 Å². The second-order valence-electron chi connectivity index (χ2n) is 5.69. The molecule has 26 heavy (non-hydrogen) atoms. The molecular weight excluding hydrogens is 334 g/mol. The summed E-state index contributed by atoms with van der Waals surface area (Å²) in [4.78, 5) is 31.3. The number of anilines is 1. The van der Waals surface area contributed by atoms with Crippen LogP contribution in [-0.4, -0.2) is 35.1 Å².